The predicted octanol–water partition coefficient (Wildman–Crippen LogP) is 3.74. The molecule has 1 aromatic heterocycles. The number of likely N-dealkylation sites (tertiary alicyclic amines) is 1. The van der Waals surface area contributed by atoms with Gasteiger partial charge in [0.05, 0.1) is 13.1 Å². The minimum atomic E-state index is -4.14. The van der Waals surface area contributed by atoms with Crippen LogP contribution in [0.25, 0.3) is 0 Å². The summed E-state index contributed by atoms with van der Waals surface area (Å²) < 4.78 is 37.9. The molecule has 1 atom stereocenters. The molecule has 0 saturated carbocycles. The van der Waals surface area contributed by atoms with Gasteiger partial charge in [-0.05, 0) is 32.7 Å². The van der Waals surface area contributed by atoms with Gasteiger partial charge in [-0.25, -0.2) is 9.98 Å². The lowest BCUT2D eigenvalue weighted by Gasteiger charge is -2.26. The Morgan fingerprint density at radius 1 is 1.44 bits per heavy atom. The Balaban J connectivity index is 0.00000364. The average molecular weight is 519 g/mol. The minimum absolute atomic E-state index is 0. The first-order valence-electron chi connectivity index (χ1n) is 9.04. The zero-order valence-corrected chi connectivity index (χ0v) is 19.2. The van der Waals surface area contributed by atoms with E-state index in [1.807, 2.05) is 20.0 Å². The number of nitrogens with zero attached hydrogens (tertiary/aromatic N) is 4. The number of rotatable bonds is 7. The third kappa shape index (κ3) is 8.51. The van der Waals surface area contributed by atoms with Gasteiger partial charge in [0.1, 0.15) is 5.01 Å². The zero-order chi connectivity index (χ0) is 19.2. The summed E-state index contributed by atoms with van der Waals surface area (Å²) >= 11 is 1.63. The van der Waals surface area contributed by atoms with Crippen LogP contribution < -0.4 is 5.32 Å². The molecule has 1 saturated heterocycles. The van der Waals surface area contributed by atoms with Gasteiger partial charge in [-0.1, -0.05) is 6.92 Å². The van der Waals surface area contributed by atoms with E-state index in [1.54, 1.807) is 18.3 Å². The van der Waals surface area contributed by atoms with Crippen molar-refractivity contribution in [2.24, 2.45) is 10.9 Å². The molecule has 0 amide bonds. The lowest BCUT2D eigenvalue weighted by atomic mass is 10.1. The van der Waals surface area contributed by atoms with Crippen LogP contribution in [0.15, 0.2) is 11.2 Å². The van der Waals surface area contributed by atoms with Crippen LogP contribution in [0.4, 0.5) is 13.2 Å². The maximum Gasteiger partial charge on any atom is 0.401 e. The van der Waals surface area contributed by atoms with Gasteiger partial charge in [0.2, 0.25) is 0 Å². The summed E-state index contributed by atoms with van der Waals surface area (Å²) in [6.45, 7) is 8.68. The first kappa shape index (κ1) is 24.4. The van der Waals surface area contributed by atoms with E-state index in [1.165, 1.54) is 4.90 Å². The Morgan fingerprint density at radius 3 is 2.74 bits per heavy atom. The summed E-state index contributed by atoms with van der Waals surface area (Å²) in [7, 11) is 0. The number of thiazole rings is 1. The largest absolute Gasteiger partial charge is 0.401 e. The van der Waals surface area contributed by atoms with E-state index in [9.17, 15) is 13.2 Å². The Hall–Kier alpha value is -0.620. The van der Waals surface area contributed by atoms with Crippen molar-refractivity contribution in [3.63, 3.8) is 0 Å². The molecule has 1 fully saturated rings. The summed E-state index contributed by atoms with van der Waals surface area (Å²) in [4.78, 5) is 13.8. The van der Waals surface area contributed by atoms with Crippen molar-refractivity contribution in [2.45, 2.75) is 39.9 Å². The molecule has 0 aliphatic carbocycles. The summed E-state index contributed by atoms with van der Waals surface area (Å²) in [5.41, 5.74) is 0. The second-order valence-electron chi connectivity index (χ2n) is 6.58. The van der Waals surface area contributed by atoms with E-state index in [2.05, 4.69) is 20.2 Å². The number of aliphatic imine (C=N–C) groups is 1. The first-order chi connectivity index (χ1) is 12.3. The van der Waals surface area contributed by atoms with E-state index in [4.69, 9.17) is 0 Å². The first-order valence-corrected chi connectivity index (χ1v) is 9.86. The molecule has 156 valence electrons. The van der Waals surface area contributed by atoms with E-state index in [-0.39, 0.29) is 29.9 Å². The molecule has 0 aromatic carbocycles. The highest BCUT2D eigenvalue weighted by Crippen LogP contribution is 2.21. The molecule has 10 heteroatoms. The molecule has 2 rings (SSSR count). The monoisotopic (exact) mass is 519 g/mol. The van der Waals surface area contributed by atoms with Crippen molar-refractivity contribution < 1.29 is 13.2 Å². The van der Waals surface area contributed by atoms with Gasteiger partial charge >= 0.3 is 6.18 Å². The second-order valence-corrected chi connectivity index (χ2v) is 7.90. The molecule has 2 heterocycles. The fourth-order valence-corrected chi connectivity index (χ4v) is 3.85. The van der Waals surface area contributed by atoms with E-state index < -0.39 is 12.7 Å². The van der Waals surface area contributed by atoms with Gasteiger partial charge in [0.25, 0.3) is 0 Å². The Kier molecular flexibility index (Phi) is 10.3. The molecule has 1 N–H and O–H groups in total. The summed E-state index contributed by atoms with van der Waals surface area (Å²) in [5.74, 6) is 1.05. The Morgan fingerprint density at radius 2 is 2.19 bits per heavy atom. The van der Waals surface area contributed by atoms with Crippen molar-refractivity contribution in [1.29, 1.82) is 0 Å². The van der Waals surface area contributed by atoms with Gasteiger partial charge in [0, 0.05) is 37.3 Å². The number of guanidine groups is 1. The van der Waals surface area contributed by atoms with Crippen molar-refractivity contribution in [3.05, 3.63) is 16.1 Å². The third-order valence-corrected chi connectivity index (χ3v) is 5.22. The fourth-order valence-electron chi connectivity index (χ4n) is 3.14. The lowest BCUT2D eigenvalue weighted by Crippen LogP contribution is -2.41. The molecule has 0 bridgehead atoms. The molecule has 1 aliphatic rings. The third-order valence-electron chi connectivity index (χ3n) is 4.32. The highest BCUT2D eigenvalue weighted by Gasteiger charge is 2.33. The quantitative estimate of drug-likeness (QED) is 0.339. The van der Waals surface area contributed by atoms with Crippen LogP contribution in [-0.2, 0) is 6.54 Å². The number of alkyl halides is 3. The molecule has 1 unspecified atom stereocenters. The molecule has 27 heavy (non-hydrogen) atoms. The smallest absolute Gasteiger partial charge is 0.357 e. The van der Waals surface area contributed by atoms with E-state index in [0.29, 0.717) is 19.6 Å². The van der Waals surface area contributed by atoms with Crippen LogP contribution in [0.5, 0.6) is 0 Å². The van der Waals surface area contributed by atoms with Crippen molar-refractivity contribution >= 4 is 41.3 Å². The number of aromatic nitrogens is 1. The molecule has 1 aromatic rings. The summed E-state index contributed by atoms with van der Waals surface area (Å²) in [5, 5.41) is 4.26. The van der Waals surface area contributed by atoms with E-state index >= 15 is 0 Å². The van der Waals surface area contributed by atoms with Crippen LogP contribution in [0, 0.1) is 12.8 Å². The SMILES string of the molecule is CCNC(=NCc1ncc(C)s1)N1CCC(CN(CC)CC(F)(F)F)C1.I. The molecule has 0 spiro atoms. The van der Waals surface area contributed by atoms with Gasteiger partial charge in [0.15, 0.2) is 5.96 Å². The van der Waals surface area contributed by atoms with Crippen LogP contribution in [-0.4, -0.2) is 66.2 Å². The fraction of sp³-hybridized carbons (Fsp3) is 0.765. The summed E-state index contributed by atoms with van der Waals surface area (Å²) in [6, 6.07) is 0. The van der Waals surface area contributed by atoms with Crippen molar-refractivity contribution in [2.75, 3.05) is 39.3 Å². The maximum atomic E-state index is 12.6. The molecule has 1 aliphatic heterocycles. The number of aryl methyl sites for hydroxylation is 1. The molecular formula is C17H29F3IN5S. The Labute approximate surface area is 180 Å². The standard InChI is InChI=1S/C17H28F3N5S.HI/c1-4-21-16(23-9-15-22-8-13(3)26-15)25-7-6-14(11-25)10-24(5-2)12-17(18,19)20;/h8,14H,4-7,9-12H2,1-3H3,(H,21,23);1H. The van der Waals surface area contributed by atoms with Crippen molar-refractivity contribution in [1.82, 2.24) is 20.1 Å². The van der Waals surface area contributed by atoms with Gasteiger partial charge in [-0.2, -0.15) is 13.2 Å². The molecule has 0 radical (unpaired) electrons. The average Bonchev–Trinajstić information content (AvgIpc) is 3.18. The van der Waals surface area contributed by atoms with Crippen LogP contribution in [0.3, 0.4) is 0 Å². The van der Waals surface area contributed by atoms with Crippen LogP contribution in [0.2, 0.25) is 0 Å². The minimum Gasteiger partial charge on any atom is -0.357 e. The lowest BCUT2D eigenvalue weighted by molar-refractivity contribution is -0.146. The second kappa shape index (κ2) is 11.4. The number of halogens is 4. The van der Waals surface area contributed by atoms with Crippen LogP contribution >= 0.6 is 35.3 Å². The van der Waals surface area contributed by atoms with Gasteiger partial charge in [-0.15, -0.1) is 35.3 Å². The molecular weight excluding hydrogens is 490 g/mol. The summed E-state index contributed by atoms with van der Waals surface area (Å²) in [6.07, 6.45) is -1.42. The highest BCUT2D eigenvalue weighted by molar-refractivity contribution is 14.0. The van der Waals surface area contributed by atoms with Gasteiger partial charge < -0.3 is 10.2 Å². The van der Waals surface area contributed by atoms with Crippen LogP contribution in [0.1, 0.15) is 30.2 Å². The van der Waals surface area contributed by atoms with Gasteiger partial charge in [-0.3, -0.25) is 4.90 Å². The highest BCUT2D eigenvalue weighted by atomic mass is 127. The number of hydrogen-bond acceptors (Lipinski definition) is 4. The number of hydrogen-bond donors (Lipinski definition) is 1. The molecule has 5 nitrogen and oxygen atoms in total. The van der Waals surface area contributed by atoms with E-state index in [0.717, 1.165) is 41.9 Å². The topological polar surface area (TPSA) is 43.8 Å². The number of nitrogens with one attached hydrogen (secondary N) is 1. The normalized spacial score (nSPS) is 18.1. The Bertz CT molecular complexity index is 593. The maximum absolute atomic E-state index is 12.6. The van der Waals surface area contributed by atoms with Crippen molar-refractivity contribution in [3.8, 4) is 0 Å². The predicted molar refractivity (Wildman–Crippen MR) is 115 cm³/mol. The zero-order valence-electron chi connectivity index (χ0n) is 16.1.